The second-order valence-corrected chi connectivity index (χ2v) is 7.97. The Morgan fingerprint density at radius 1 is 1.19 bits per heavy atom. The number of amides is 1. The second-order valence-electron chi connectivity index (χ2n) is 7.97. The molecule has 5 atom stereocenters. The lowest BCUT2D eigenvalue weighted by Gasteiger charge is -2.47. The molecule has 3 rings (SSSR count). The Balaban J connectivity index is 1.33. The summed E-state index contributed by atoms with van der Waals surface area (Å²) in [5.74, 6) is -0.549. The molecule has 0 aromatic heterocycles. The molecule has 0 unspecified atom stereocenters. The highest BCUT2D eigenvalue weighted by atomic mass is 16.8. The molecule has 0 aromatic carbocycles. The van der Waals surface area contributed by atoms with Crippen LogP contribution in [-0.2, 0) is 28.5 Å². The summed E-state index contributed by atoms with van der Waals surface area (Å²) in [6, 6.07) is -0.406. The van der Waals surface area contributed by atoms with Gasteiger partial charge in [-0.3, -0.25) is 14.5 Å². The van der Waals surface area contributed by atoms with E-state index in [1.807, 2.05) is 0 Å². The third kappa shape index (κ3) is 6.30. The molecule has 11 heteroatoms. The SMILES string of the molecule is CC(=O)/C=C/C(=O)NCCOCCOC[C@@]12CO[C@H](O1)[C@H](N1CCNCC1)[C@@H](O)[C@H]2O. The van der Waals surface area contributed by atoms with E-state index in [9.17, 15) is 19.8 Å². The van der Waals surface area contributed by atoms with E-state index in [1.54, 1.807) is 0 Å². The Bertz CT molecular complexity index is 642. The van der Waals surface area contributed by atoms with E-state index in [2.05, 4.69) is 15.5 Å². The lowest BCUT2D eigenvalue weighted by atomic mass is 9.87. The molecule has 3 aliphatic rings. The van der Waals surface area contributed by atoms with Gasteiger partial charge in [0, 0.05) is 38.8 Å². The van der Waals surface area contributed by atoms with Gasteiger partial charge in [0.2, 0.25) is 5.91 Å². The monoisotopic (exact) mass is 443 g/mol. The standard InChI is InChI=1S/C20H33N3O8/c1-14(24)2-3-15(25)22-6-9-28-10-11-29-12-20-13-30-19(31-20)16(17(26)18(20)27)23-7-4-21-5-8-23/h2-3,16-19,21,26-27H,4-13H2,1H3,(H,22,25)/b3-2+/t16-,17-,18-,19-,20+/m1/s1. The van der Waals surface area contributed by atoms with E-state index in [0.29, 0.717) is 19.8 Å². The van der Waals surface area contributed by atoms with Crippen molar-refractivity contribution in [1.29, 1.82) is 0 Å². The zero-order valence-corrected chi connectivity index (χ0v) is 17.8. The van der Waals surface area contributed by atoms with Gasteiger partial charge in [0.05, 0.1) is 39.1 Å². The Morgan fingerprint density at radius 2 is 1.94 bits per heavy atom. The summed E-state index contributed by atoms with van der Waals surface area (Å²) in [4.78, 5) is 24.3. The van der Waals surface area contributed by atoms with Crippen LogP contribution in [0.3, 0.4) is 0 Å². The topological polar surface area (TPSA) is 139 Å². The minimum Gasteiger partial charge on any atom is -0.388 e. The molecule has 3 saturated heterocycles. The molecule has 3 fully saturated rings. The highest BCUT2D eigenvalue weighted by Gasteiger charge is 2.60. The molecule has 1 amide bonds. The van der Waals surface area contributed by atoms with Gasteiger partial charge >= 0.3 is 0 Å². The summed E-state index contributed by atoms with van der Waals surface area (Å²) in [5.41, 5.74) is -1.09. The minimum atomic E-state index is -1.12. The zero-order valence-electron chi connectivity index (χ0n) is 17.8. The van der Waals surface area contributed by atoms with Gasteiger partial charge < -0.3 is 39.8 Å². The van der Waals surface area contributed by atoms with Crippen LogP contribution in [0.25, 0.3) is 0 Å². The number of rotatable bonds is 11. The molecule has 0 aliphatic carbocycles. The second kappa shape index (κ2) is 11.4. The van der Waals surface area contributed by atoms with Crippen LogP contribution in [0.4, 0.5) is 0 Å². The molecule has 4 N–H and O–H groups in total. The van der Waals surface area contributed by atoms with Crippen molar-refractivity contribution >= 4 is 11.7 Å². The van der Waals surface area contributed by atoms with Gasteiger partial charge in [0.1, 0.15) is 17.8 Å². The van der Waals surface area contributed by atoms with E-state index >= 15 is 0 Å². The van der Waals surface area contributed by atoms with Crippen molar-refractivity contribution in [1.82, 2.24) is 15.5 Å². The van der Waals surface area contributed by atoms with Crippen molar-refractivity contribution in [2.45, 2.75) is 37.1 Å². The smallest absolute Gasteiger partial charge is 0.244 e. The van der Waals surface area contributed by atoms with Gasteiger partial charge in [0.25, 0.3) is 0 Å². The minimum absolute atomic E-state index is 0.0753. The number of carbonyl (C=O) groups excluding carboxylic acids is 2. The molecule has 3 aliphatic heterocycles. The van der Waals surface area contributed by atoms with Crippen LogP contribution in [0.15, 0.2) is 12.2 Å². The summed E-state index contributed by atoms with van der Waals surface area (Å²) >= 11 is 0. The Morgan fingerprint density at radius 3 is 2.68 bits per heavy atom. The molecule has 2 bridgehead atoms. The maximum Gasteiger partial charge on any atom is 0.244 e. The van der Waals surface area contributed by atoms with E-state index in [1.165, 1.54) is 19.1 Å². The quantitative estimate of drug-likeness (QED) is 0.199. The Labute approximate surface area is 181 Å². The number of nitrogens with one attached hydrogen (secondary N) is 2. The van der Waals surface area contributed by atoms with E-state index in [-0.39, 0.29) is 31.5 Å². The van der Waals surface area contributed by atoms with Crippen molar-refractivity contribution in [3.8, 4) is 0 Å². The number of fused-ring (bicyclic) bond motifs is 2. The molecule has 0 saturated carbocycles. The number of allylic oxidation sites excluding steroid dienone is 1. The van der Waals surface area contributed by atoms with Crippen molar-refractivity contribution in [2.75, 3.05) is 65.8 Å². The Hall–Kier alpha value is -1.44. The fraction of sp³-hybridized carbons (Fsp3) is 0.800. The summed E-state index contributed by atoms with van der Waals surface area (Å²) in [6.07, 6.45) is -0.328. The Kier molecular flexibility index (Phi) is 8.93. The lowest BCUT2D eigenvalue weighted by Crippen LogP contribution is -2.68. The number of carbonyl (C=O) groups is 2. The van der Waals surface area contributed by atoms with Crippen LogP contribution < -0.4 is 10.6 Å². The number of ketones is 1. The highest BCUT2D eigenvalue weighted by Crippen LogP contribution is 2.39. The first-order chi connectivity index (χ1) is 14.9. The van der Waals surface area contributed by atoms with Gasteiger partial charge in [-0.1, -0.05) is 0 Å². The van der Waals surface area contributed by atoms with E-state index < -0.39 is 30.1 Å². The number of hydrogen-bond acceptors (Lipinski definition) is 10. The largest absolute Gasteiger partial charge is 0.388 e. The number of aliphatic hydroxyl groups excluding tert-OH is 2. The number of nitrogens with zero attached hydrogens (tertiary/aromatic N) is 1. The van der Waals surface area contributed by atoms with Crippen LogP contribution in [0, 0.1) is 0 Å². The summed E-state index contributed by atoms with van der Waals surface area (Å²) < 4.78 is 22.8. The van der Waals surface area contributed by atoms with Crippen molar-refractivity contribution in [3.63, 3.8) is 0 Å². The average molecular weight is 443 g/mol. The van der Waals surface area contributed by atoms with Crippen molar-refractivity contribution in [3.05, 3.63) is 12.2 Å². The fourth-order valence-corrected chi connectivity index (χ4v) is 4.00. The fourth-order valence-electron chi connectivity index (χ4n) is 4.00. The predicted molar refractivity (Wildman–Crippen MR) is 108 cm³/mol. The van der Waals surface area contributed by atoms with Crippen LogP contribution in [0.1, 0.15) is 6.92 Å². The lowest BCUT2D eigenvalue weighted by molar-refractivity contribution is -0.256. The van der Waals surface area contributed by atoms with Gasteiger partial charge in [0.15, 0.2) is 12.1 Å². The number of ether oxygens (including phenoxy) is 4. The first kappa shape index (κ1) is 24.2. The average Bonchev–Trinajstić information content (AvgIpc) is 3.15. The van der Waals surface area contributed by atoms with E-state index in [4.69, 9.17) is 18.9 Å². The van der Waals surface area contributed by atoms with Crippen molar-refractivity contribution in [2.24, 2.45) is 0 Å². The molecule has 0 aromatic rings. The van der Waals surface area contributed by atoms with Gasteiger partial charge in [-0.05, 0) is 13.0 Å². The maximum atomic E-state index is 11.4. The van der Waals surface area contributed by atoms with Crippen LogP contribution in [0.5, 0.6) is 0 Å². The first-order valence-corrected chi connectivity index (χ1v) is 10.7. The summed E-state index contributed by atoms with van der Waals surface area (Å²) in [5, 5.41) is 27.3. The van der Waals surface area contributed by atoms with Gasteiger partial charge in [-0.2, -0.15) is 0 Å². The van der Waals surface area contributed by atoms with Crippen LogP contribution in [0.2, 0.25) is 0 Å². The maximum absolute atomic E-state index is 11.4. The summed E-state index contributed by atoms with van der Waals surface area (Å²) in [7, 11) is 0. The molecular formula is C20H33N3O8. The number of hydrogen-bond donors (Lipinski definition) is 4. The van der Waals surface area contributed by atoms with Crippen LogP contribution >= 0.6 is 0 Å². The molecule has 11 nitrogen and oxygen atoms in total. The highest BCUT2D eigenvalue weighted by molar-refractivity contribution is 5.96. The molecule has 0 radical (unpaired) electrons. The van der Waals surface area contributed by atoms with E-state index in [0.717, 1.165) is 26.2 Å². The molecule has 0 spiro atoms. The predicted octanol–water partition coefficient (Wildman–Crippen LogP) is -2.60. The normalized spacial score (nSPS) is 33.6. The molecular weight excluding hydrogens is 410 g/mol. The molecule has 3 heterocycles. The van der Waals surface area contributed by atoms with Gasteiger partial charge in [-0.15, -0.1) is 0 Å². The zero-order chi connectivity index (χ0) is 22.3. The van der Waals surface area contributed by atoms with Crippen molar-refractivity contribution < 1.29 is 38.7 Å². The molecule has 31 heavy (non-hydrogen) atoms. The summed E-state index contributed by atoms with van der Waals surface area (Å²) in [6.45, 7) is 5.90. The third-order valence-corrected chi connectivity index (χ3v) is 5.64. The van der Waals surface area contributed by atoms with Gasteiger partial charge in [-0.25, -0.2) is 0 Å². The third-order valence-electron chi connectivity index (χ3n) is 5.64. The number of aliphatic hydroxyl groups is 2. The molecule has 176 valence electrons. The first-order valence-electron chi connectivity index (χ1n) is 10.7. The number of piperazine rings is 1. The van der Waals surface area contributed by atoms with Crippen LogP contribution in [-0.4, -0.2) is 123 Å².